The molecule has 6 heteroatoms. The van der Waals surface area contributed by atoms with Gasteiger partial charge in [0.1, 0.15) is 13.2 Å². The maximum Gasteiger partial charge on any atom is 0.306 e. The Morgan fingerprint density at radius 1 is 0.284 bits per heavy atom. The third-order valence-corrected chi connectivity index (χ3v) is 13.3. The van der Waals surface area contributed by atoms with Crippen LogP contribution in [0.5, 0.6) is 0 Å². The zero-order chi connectivity index (χ0) is 53.6. The fourth-order valence-corrected chi connectivity index (χ4v) is 8.72. The third kappa shape index (κ3) is 59.2. The molecule has 1 unspecified atom stereocenters. The van der Waals surface area contributed by atoms with Gasteiger partial charge in [-0.1, -0.05) is 279 Å². The Morgan fingerprint density at radius 2 is 0.527 bits per heavy atom. The van der Waals surface area contributed by atoms with Crippen LogP contribution in [-0.2, 0) is 28.6 Å². The number of esters is 3. The van der Waals surface area contributed by atoms with Crippen molar-refractivity contribution in [3.8, 4) is 0 Å². The molecule has 0 aromatic carbocycles. The van der Waals surface area contributed by atoms with Crippen molar-refractivity contribution in [1.82, 2.24) is 0 Å². The molecule has 0 spiro atoms. The Hall–Kier alpha value is -3.67. The average Bonchev–Trinajstić information content (AvgIpc) is 3.40. The summed E-state index contributed by atoms with van der Waals surface area (Å²) in [5.74, 6) is -0.954. The van der Waals surface area contributed by atoms with Gasteiger partial charge in [0.15, 0.2) is 6.10 Å². The number of carbonyl (C=O) groups excluding carboxylic acids is 3. The van der Waals surface area contributed by atoms with Gasteiger partial charge in [-0.3, -0.25) is 14.4 Å². The lowest BCUT2D eigenvalue weighted by Gasteiger charge is -2.18. The molecule has 0 N–H and O–H groups in total. The van der Waals surface area contributed by atoms with Gasteiger partial charge in [-0.2, -0.15) is 0 Å². The normalized spacial score (nSPS) is 12.7. The summed E-state index contributed by atoms with van der Waals surface area (Å²) in [4.78, 5) is 38.2. The van der Waals surface area contributed by atoms with E-state index in [1.165, 1.54) is 135 Å². The molecule has 0 heterocycles. The maximum atomic E-state index is 12.9. The number of rotatable bonds is 56. The van der Waals surface area contributed by atoms with Crippen LogP contribution in [0.15, 0.2) is 97.2 Å². The zero-order valence-corrected chi connectivity index (χ0v) is 48.6. The van der Waals surface area contributed by atoms with Gasteiger partial charge >= 0.3 is 17.9 Å². The van der Waals surface area contributed by atoms with Gasteiger partial charge in [-0.15, -0.1) is 0 Å². The van der Waals surface area contributed by atoms with Crippen molar-refractivity contribution in [2.75, 3.05) is 13.2 Å². The summed E-state index contributed by atoms with van der Waals surface area (Å²) in [6, 6.07) is 0. The predicted octanol–water partition coefficient (Wildman–Crippen LogP) is 21.3. The maximum absolute atomic E-state index is 12.9. The quantitative estimate of drug-likeness (QED) is 0.0261. The van der Waals surface area contributed by atoms with E-state index in [-0.39, 0.29) is 37.5 Å². The number of unbranched alkanes of at least 4 members (excludes halogenated alkanes) is 29. The number of ether oxygens (including phenoxy) is 3. The first kappa shape index (κ1) is 70.3. The Kier molecular flexibility index (Phi) is 58.8. The van der Waals surface area contributed by atoms with E-state index in [9.17, 15) is 14.4 Å². The van der Waals surface area contributed by atoms with E-state index in [4.69, 9.17) is 14.2 Å². The minimum absolute atomic E-state index is 0.0989. The Balaban J connectivity index is 4.36. The number of carbonyl (C=O) groups is 3. The molecule has 0 saturated carbocycles. The first-order valence-electron chi connectivity index (χ1n) is 31.2. The van der Waals surface area contributed by atoms with Gasteiger partial charge in [-0.05, 0) is 96.3 Å². The van der Waals surface area contributed by atoms with Gasteiger partial charge in [0.25, 0.3) is 0 Å². The summed E-state index contributed by atoms with van der Waals surface area (Å²) in [5.41, 5.74) is 0. The Morgan fingerprint density at radius 3 is 0.824 bits per heavy atom. The molecule has 1 atom stereocenters. The van der Waals surface area contributed by atoms with Crippen LogP contribution in [0.2, 0.25) is 0 Å². The van der Waals surface area contributed by atoms with Gasteiger partial charge < -0.3 is 14.2 Å². The lowest BCUT2D eigenvalue weighted by molar-refractivity contribution is -0.167. The summed E-state index contributed by atoms with van der Waals surface area (Å²) >= 11 is 0. The van der Waals surface area contributed by atoms with Crippen molar-refractivity contribution in [3.05, 3.63) is 97.2 Å². The van der Waals surface area contributed by atoms with E-state index in [0.29, 0.717) is 12.8 Å². The van der Waals surface area contributed by atoms with Crippen LogP contribution in [-0.4, -0.2) is 37.2 Å². The molecule has 0 saturated heterocycles. The summed E-state index contributed by atoms with van der Waals surface area (Å²) in [6.45, 7) is 6.39. The highest BCUT2D eigenvalue weighted by molar-refractivity contribution is 5.71. The molecule has 424 valence electrons. The van der Waals surface area contributed by atoms with Gasteiger partial charge in [0, 0.05) is 19.3 Å². The van der Waals surface area contributed by atoms with Crippen LogP contribution in [0.1, 0.15) is 297 Å². The van der Waals surface area contributed by atoms with Gasteiger partial charge in [-0.25, -0.2) is 0 Å². The fraction of sp³-hybridized carbons (Fsp3) is 0.721. The van der Waals surface area contributed by atoms with Crippen LogP contribution in [0.3, 0.4) is 0 Å². The average molecular weight is 1030 g/mol. The number of allylic oxidation sites excluding steroid dienone is 16. The highest BCUT2D eigenvalue weighted by atomic mass is 16.6. The van der Waals surface area contributed by atoms with E-state index in [1.807, 2.05) is 0 Å². The second kappa shape index (κ2) is 61.9. The zero-order valence-electron chi connectivity index (χ0n) is 48.6. The molecule has 0 radical (unpaired) electrons. The van der Waals surface area contributed by atoms with Crippen molar-refractivity contribution in [1.29, 1.82) is 0 Å². The lowest BCUT2D eigenvalue weighted by Crippen LogP contribution is -2.30. The van der Waals surface area contributed by atoms with E-state index < -0.39 is 6.10 Å². The second-order valence-electron chi connectivity index (χ2n) is 20.6. The minimum Gasteiger partial charge on any atom is -0.462 e. The summed E-state index contributed by atoms with van der Waals surface area (Å²) < 4.78 is 16.9. The van der Waals surface area contributed by atoms with E-state index >= 15 is 0 Å². The summed E-state index contributed by atoms with van der Waals surface area (Å²) in [6.07, 6.45) is 82.8. The van der Waals surface area contributed by atoms with E-state index in [2.05, 4.69) is 118 Å². The van der Waals surface area contributed by atoms with Crippen LogP contribution < -0.4 is 0 Å². The van der Waals surface area contributed by atoms with Crippen LogP contribution in [0.25, 0.3) is 0 Å². The van der Waals surface area contributed by atoms with E-state index in [0.717, 1.165) is 122 Å². The van der Waals surface area contributed by atoms with Crippen molar-refractivity contribution >= 4 is 17.9 Å². The first-order valence-corrected chi connectivity index (χ1v) is 31.2. The van der Waals surface area contributed by atoms with Crippen LogP contribution in [0.4, 0.5) is 0 Å². The molecule has 0 aromatic heterocycles. The molecular weight excluding hydrogens is 913 g/mol. The standard InChI is InChI=1S/C68H116O6/c1-4-7-10-13-16-19-22-25-27-29-31-32-33-34-35-37-38-40-43-46-49-52-55-58-61-67(70)73-64-65(63-72-66(69)60-57-54-51-48-45-42-24-21-18-15-12-9-6-3)74-68(71)62-59-56-53-50-47-44-41-39-36-30-28-26-23-20-17-14-11-8-5-2/h8-9,11-12,17-18,20-21,26,28,36,39,42,44-45,47,65H,4-7,10,13-16,19,22-25,27,29-35,37-38,40-41,43,46,48-64H2,1-3H3/b11-8-,12-9-,20-17-,21-18-,28-26-,39-36-,45-42-,47-44-. The molecule has 0 aliphatic heterocycles. The topological polar surface area (TPSA) is 78.9 Å². The summed E-state index contributed by atoms with van der Waals surface area (Å²) in [5, 5.41) is 0. The first-order chi connectivity index (χ1) is 36.5. The molecule has 74 heavy (non-hydrogen) atoms. The molecule has 0 bridgehead atoms. The van der Waals surface area contributed by atoms with Crippen molar-refractivity contribution < 1.29 is 28.6 Å². The van der Waals surface area contributed by atoms with Gasteiger partial charge in [0.05, 0.1) is 0 Å². The van der Waals surface area contributed by atoms with Crippen molar-refractivity contribution in [3.63, 3.8) is 0 Å². The Bertz CT molecular complexity index is 1460. The molecule has 0 rings (SSSR count). The monoisotopic (exact) mass is 1030 g/mol. The smallest absolute Gasteiger partial charge is 0.306 e. The number of hydrogen-bond donors (Lipinski definition) is 0. The van der Waals surface area contributed by atoms with E-state index in [1.54, 1.807) is 0 Å². The SMILES string of the molecule is CC/C=C\C/C=C\C/C=C\C/C=C\C/C=C\CCCCCC(=O)OC(COC(=O)CCCCC/C=C\C/C=C\C/C=C\CC)COC(=O)CCCCCCCCCCCCCCCCCCCCCCCCCC. The van der Waals surface area contributed by atoms with Crippen LogP contribution >= 0.6 is 0 Å². The largest absolute Gasteiger partial charge is 0.462 e. The Labute approximate surface area is 457 Å². The van der Waals surface area contributed by atoms with Crippen LogP contribution in [0, 0.1) is 0 Å². The van der Waals surface area contributed by atoms with Crippen molar-refractivity contribution in [2.24, 2.45) is 0 Å². The molecule has 0 fully saturated rings. The third-order valence-electron chi connectivity index (χ3n) is 13.3. The molecule has 0 aromatic rings. The molecule has 0 aliphatic rings. The predicted molar refractivity (Wildman–Crippen MR) is 320 cm³/mol. The molecule has 0 aliphatic carbocycles. The molecule has 6 nitrogen and oxygen atoms in total. The van der Waals surface area contributed by atoms with Crippen molar-refractivity contribution in [2.45, 2.75) is 303 Å². The fourth-order valence-electron chi connectivity index (χ4n) is 8.72. The summed E-state index contributed by atoms with van der Waals surface area (Å²) in [7, 11) is 0. The van der Waals surface area contributed by atoms with Gasteiger partial charge in [0.2, 0.25) is 0 Å². The lowest BCUT2D eigenvalue weighted by atomic mass is 10.0. The highest BCUT2D eigenvalue weighted by Gasteiger charge is 2.19. The highest BCUT2D eigenvalue weighted by Crippen LogP contribution is 2.17. The second-order valence-corrected chi connectivity index (χ2v) is 20.6. The number of hydrogen-bond acceptors (Lipinski definition) is 6. The minimum atomic E-state index is -0.808. The molecular formula is C68H116O6. The molecule has 0 amide bonds.